The van der Waals surface area contributed by atoms with E-state index in [-0.39, 0.29) is 16.0 Å². The molecular formula is C25H21F3N2S. The maximum atomic E-state index is 13.8. The molecule has 0 amide bonds. The summed E-state index contributed by atoms with van der Waals surface area (Å²) in [5, 5.41) is 9.71. The Morgan fingerprint density at radius 3 is 2.26 bits per heavy atom. The van der Waals surface area contributed by atoms with Crippen LogP contribution >= 0.6 is 11.8 Å². The second-order valence-corrected chi connectivity index (χ2v) is 8.94. The number of benzene rings is 2. The number of pyridine rings is 1. The van der Waals surface area contributed by atoms with Crippen LogP contribution in [0.3, 0.4) is 0 Å². The second-order valence-electron chi connectivity index (χ2n) is 7.75. The first-order valence-corrected chi connectivity index (χ1v) is 11.1. The van der Waals surface area contributed by atoms with Gasteiger partial charge in [0.2, 0.25) is 0 Å². The first kappa shape index (κ1) is 21.5. The molecule has 31 heavy (non-hydrogen) atoms. The number of thioether (sulfide) groups is 1. The van der Waals surface area contributed by atoms with Gasteiger partial charge in [-0.25, -0.2) is 4.98 Å². The fraction of sp³-hybridized carbons (Fsp3) is 0.280. The lowest BCUT2D eigenvalue weighted by atomic mass is 10.1. The molecule has 158 valence electrons. The van der Waals surface area contributed by atoms with Crippen molar-refractivity contribution < 1.29 is 13.2 Å². The highest BCUT2D eigenvalue weighted by Gasteiger charge is 2.36. The van der Waals surface area contributed by atoms with Crippen LogP contribution in [-0.4, -0.2) is 4.98 Å². The Hall–Kier alpha value is -2.78. The Kier molecular flexibility index (Phi) is 6.33. The van der Waals surface area contributed by atoms with Gasteiger partial charge in [0.15, 0.2) is 0 Å². The molecule has 0 bridgehead atoms. The SMILES string of the molecule is N#Cc1c(C(F)(F)F)cc(-c2ccccc2)nc1S[C@@H](CCC1CC1)c1ccccc1. The van der Waals surface area contributed by atoms with Crippen molar-refractivity contribution in [2.24, 2.45) is 5.92 Å². The molecular weight excluding hydrogens is 417 g/mol. The molecule has 1 aromatic heterocycles. The Morgan fingerprint density at radius 1 is 1.03 bits per heavy atom. The number of nitrogens with zero attached hydrogens (tertiary/aromatic N) is 2. The number of rotatable bonds is 7. The van der Waals surface area contributed by atoms with Gasteiger partial charge >= 0.3 is 6.18 Å². The number of halogens is 3. The lowest BCUT2D eigenvalue weighted by Crippen LogP contribution is -2.11. The third-order valence-electron chi connectivity index (χ3n) is 5.43. The maximum absolute atomic E-state index is 13.8. The highest BCUT2D eigenvalue weighted by atomic mass is 32.2. The van der Waals surface area contributed by atoms with Gasteiger partial charge in [-0.3, -0.25) is 0 Å². The van der Waals surface area contributed by atoms with Crippen molar-refractivity contribution in [1.82, 2.24) is 4.98 Å². The number of nitriles is 1. The zero-order valence-electron chi connectivity index (χ0n) is 16.8. The van der Waals surface area contributed by atoms with Crippen molar-refractivity contribution in [3.8, 4) is 17.3 Å². The van der Waals surface area contributed by atoms with Crippen molar-refractivity contribution in [3.63, 3.8) is 0 Å². The summed E-state index contributed by atoms with van der Waals surface area (Å²) in [6.07, 6.45) is -0.337. The molecule has 2 aromatic carbocycles. The van der Waals surface area contributed by atoms with Crippen LogP contribution in [0.5, 0.6) is 0 Å². The molecule has 1 aliphatic rings. The number of alkyl halides is 3. The molecule has 6 heteroatoms. The number of hydrogen-bond donors (Lipinski definition) is 0. The van der Waals surface area contributed by atoms with Crippen molar-refractivity contribution in [3.05, 3.63) is 83.4 Å². The fourth-order valence-corrected chi connectivity index (χ4v) is 4.83. The third-order valence-corrected chi connectivity index (χ3v) is 6.74. The van der Waals surface area contributed by atoms with Crippen LogP contribution in [0.2, 0.25) is 0 Å². The monoisotopic (exact) mass is 438 g/mol. The van der Waals surface area contributed by atoms with Gasteiger partial charge in [0, 0.05) is 10.8 Å². The number of hydrogen-bond acceptors (Lipinski definition) is 3. The van der Waals surface area contributed by atoms with Gasteiger partial charge in [0.25, 0.3) is 0 Å². The zero-order chi connectivity index (χ0) is 21.8. The summed E-state index contributed by atoms with van der Waals surface area (Å²) in [4.78, 5) is 4.54. The molecule has 1 aliphatic carbocycles. The van der Waals surface area contributed by atoms with Gasteiger partial charge in [-0.2, -0.15) is 18.4 Å². The van der Waals surface area contributed by atoms with Gasteiger partial charge in [0.1, 0.15) is 11.1 Å². The van der Waals surface area contributed by atoms with Crippen molar-refractivity contribution in [2.45, 2.75) is 42.1 Å². The Balaban J connectivity index is 1.78. The largest absolute Gasteiger partial charge is 0.417 e. The van der Waals surface area contributed by atoms with Crippen molar-refractivity contribution in [1.29, 1.82) is 5.26 Å². The minimum atomic E-state index is -4.64. The quantitative estimate of drug-likeness (QED) is 0.355. The third kappa shape index (κ3) is 5.29. The summed E-state index contributed by atoms with van der Waals surface area (Å²) in [7, 11) is 0. The Labute approximate surface area is 184 Å². The standard InChI is InChI=1S/C25H21F3N2S/c26-25(27,28)21-15-22(18-7-3-1-4-8-18)30-24(20(21)16-29)31-23(14-13-17-11-12-17)19-9-5-2-6-10-19/h1-10,15,17,23H,11-14H2/t23-/m0/s1. The molecule has 1 heterocycles. The van der Waals surface area contributed by atoms with Gasteiger partial charge < -0.3 is 0 Å². The summed E-state index contributed by atoms with van der Waals surface area (Å²) in [6, 6.07) is 21.3. The topological polar surface area (TPSA) is 36.7 Å². The summed E-state index contributed by atoms with van der Waals surface area (Å²) < 4.78 is 41.5. The van der Waals surface area contributed by atoms with Crippen LogP contribution in [-0.2, 0) is 6.18 Å². The van der Waals surface area contributed by atoms with E-state index in [0.717, 1.165) is 24.5 Å². The molecule has 2 nitrogen and oxygen atoms in total. The molecule has 0 unspecified atom stereocenters. The summed E-state index contributed by atoms with van der Waals surface area (Å²) in [6.45, 7) is 0. The van der Waals surface area contributed by atoms with E-state index in [1.165, 1.54) is 24.6 Å². The van der Waals surface area contributed by atoms with Gasteiger partial charge in [-0.05, 0) is 30.4 Å². The molecule has 0 spiro atoms. The molecule has 0 N–H and O–H groups in total. The average Bonchev–Trinajstić information content (AvgIpc) is 3.61. The first-order chi connectivity index (χ1) is 15.0. The normalized spacial score (nSPS) is 14.8. The highest BCUT2D eigenvalue weighted by molar-refractivity contribution is 7.99. The Morgan fingerprint density at radius 2 is 1.68 bits per heavy atom. The molecule has 4 rings (SSSR count). The van der Waals surface area contributed by atoms with E-state index < -0.39 is 17.3 Å². The molecule has 1 saturated carbocycles. The smallest absolute Gasteiger partial charge is 0.240 e. The van der Waals surface area contributed by atoms with Crippen LogP contribution in [0.1, 0.15) is 47.6 Å². The zero-order valence-corrected chi connectivity index (χ0v) is 17.6. The van der Waals surface area contributed by atoms with E-state index in [9.17, 15) is 18.4 Å². The van der Waals surface area contributed by atoms with Crippen LogP contribution in [0.4, 0.5) is 13.2 Å². The average molecular weight is 439 g/mol. The van der Waals surface area contributed by atoms with Crippen LogP contribution in [0.15, 0.2) is 71.8 Å². The van der Waals surface area contributed by atoms with Gasteiger partial charge in [0.05, 0.1) is 16.8 Å². The molecule has 0 aliphatic heterocycles. The van der Waals surface area contributed by atoms with Crippen LogP contribution in [0, 0.1) is 17.2 Å². The molecule has 1 atom stereocenters. The fourth-order valence-electron chi connectivity index (χ4n) is 3.59. The lowest BCUT2D eigenvalue weighted by Gasteiger charge is -2.20. The maximum Gasteiger partial charge on any atom is 0.417 e. The molecule has 3 aromatic rings. The van der Waals surface area contributed by atoms with E-state index in [1.54, 1.807) is 36.4 Å². The molecule has 1 fully saturated rings. The summed E-state index contributed by atoms with van der Waals surface area (Å²) in [5.74, 6) is 0.705. The number of aromatic nitrogens is 1. The van der Waals surface area contributed by atoms with Crippen LogP contribution in [0.25, 0.3) is 11.3 Å². The van der Waals surface area contributed by atoms with Gasteiger partial charge in [-0.1, -0.05) is 85.3 Å². The van der Waals surface area contributed by atoms with E-state index in [1.807, 2.05) is 30.3 Å². The lowest BCUT2D eigenvalue weighted by molar-refractivity contribution is -0.138. The minimum Gasteiger partial charge on any atom is -0.240 e. The first-order valence-electron chi connectivity index (χ1n) is 10.2. The second kappa shape index (κ2) is 9.15. The predicted octanol–water partition coefficient (Wildman–Crippen LogP) is 7.66. The minimum absolute atomic E-state index is 0.0616. The van der Waals surface area contributed by atoms with E-state index >= 15 is 0 Å². The van der Waals surface area contributed by atoms with Crippen molar-refractivity contribution in [2.75, 3.05) is 0 Å². The van der Waals surface area contributed by atoms with E-state index in [4.69, 9.17) is 0 Å². The van der Waals surface area contributed by atoms with E-state index in [2.05, 4.69) is 4.98 Å². The van der Waals surface area contributed by atoms with Crippen molar-refractivity contribution >= 4 is 11.8 Å². The summed E-state index contributed by atoms with van der Waals surface area (Å²) in [5.41, 5.74) is 0.527. The van der Waals surface area contributed by atoms with Crippen LogP contribution < -0.4 is 0 Å². The predicted molar refractivity (Wildman–Crippen MR) is 116 cm³/mol. The van der Waals surface area contributed by atoms with Gasteiger partial charge in [-0.15, -0.1) is 0 Å². The Bertz CT molecular complexity index is 1070. The molecule has 0 saturated heterocycles. The summed E-state index contributed by atoms with van der Waals surface area (Å²) >= 11 is 1.27. The molecule has 0 radical (unpaired) electrons. The van der Waals surface area contributed by atoms with E-state index in [0.29, 0.717) is 11.5 Å². The highest BCUT2D eigenvalue weighted by Crippen LogP contribution is 2.45.